The summed E-state index contributed by atoms with van der Waals surface area (Å²) in [7, 11) is 1.99. The van der Waals surface area contributed by atoms with E-state index in [1.807, 2.05) is 7.05 Å². The van der Waals surface area contributed by atoms with Crippen molar-refractivity contribution in [2.45, 2.75) is 13.8 Å². The summed E-state index contributed by atoms with van der Waals surface area (Å²) < 4.78 is 0.870. The summed E-state index contributed by atoms with van der Waals surface area (Å²) in [6, 6.07) is 0. The molecule has 4 nitrogen and oxygen atoms in total. The fraction of sp³-hybridized carbons (Fsp3) is 0.556. The standard InChI is InChI=1S/C9H15BrN4/c1-6(2)5-14(3)8-7(10)4-12-9(11)13-8/h4,6H,5H2,1-3H3,(H2,11,12,13). The molecule has 0 atom stereocenters. The van der Waals surface area contributed by atoms with Crippen molar-refractivity contribution in [2.24, 2.45) is 5.92 Å². The molecular formula is C9H15BrN4. The second-order valence-electron chi connectivity index (χ2n) is 3.67. The Morgan fingerprint density at radius 2 is 2.21 bits per heavy atom. The molecule has 2 N–H and O–H groups in total. The van der Waals surface area contributed by atoms with Gasteiger partial charge in [-0.1, -0.05) is 13.8 Å². The van der Waals surface area contributed by atoms with Crippen LogP contribution in [0.15, 0.2) is 10.7 Å². The molecule has 0 aromatic carbocycles. The molecule has 1 rings (SSSR count). The molecule has 5 heteroatoms. The van der Waals surface area contributed by atoms with E-state index in [2.05, 4.69) is 44.6 Å². The molecule has 0 saturated carbocycles. The van der Waals surface area contributed by atoms with Crippen LogP contribution in [0.4, 0.5) is 11.8 Å². The molecule has 14 heavy (non-hydrogen) atoms. The fourth-order valence-corrected chi connectivity index (χ4v) is 1.77. The van der Waals surface area contributed by atoms with Gasteiger partial charge in [-0.3, -0.25) is 0 Å². The van der Waals surface area contributed by atoms with Gasteiger partial charge in [-0.05, 0) is 21.8 Å². The number of nitrogens with two attached hydrogens (primary N) is 1. The van der Waals surface area contributed by atoms with E-state index in [4.69, 9.17) is 5.73 Å². The summed E-state index contributed by atoms with van der Waals surface area (Å²) >= 11 is 3.40. The van der Waals surface area contributed by atoms with E-state index in [0.29, 0.717) is 11.9 Å². The van der Waals surface area contributed by atoms with E-state index < -0.39 is 0 Å². The molecule has 1 heterocycles. The molecule has 1 aromatic rings. The first-order valence-corrected chi connectivity index (χ1v) is 5.29. The predicted octanol–water partition coefficient (Wildman–Crippen LogP) is 1.91. The maximum Gasteiger partial charge on any atom is 0.222 e. The van der Waals surface area contributed by atoms with Crippen LogP contribution < -0.4 is 10.6 Å². The van der Waals surface area contributed by atoms with Crippen molar-refractivity contribution in [2.75, 3.05) is 24.2 Å². The Morgan fingerprint density at radius 3 is 2.79 bits per heavy atom. The van der Waals surface area contributed by atoms with Crippen LogP contribution in [0.5, 0.6) is 0 Å². The van der Waals surface area contributed by atoms with Gasteiger partial charge in [-0.2, -0.15) is 4.98 Å². The quantitative estimate of drug-likeness (QED) is 0.900. The number of halogens is 1. The molecule has 0 fully saturated rings. The predicted molar refractivity (Wildman–Crippen MR) is 62.3 cm³/mol. The van der Waals surface area contributed by atoms with Crippen LogP contribution in [0.3, 0.4) is 0 Å². The topological polar surface area (TPSA) is 55.0 Å². The van der Waals surface area contributed by atoms with E-state index in [9.17, 15) is 0 Å². The van der Waals surface area contributed by atoms with Gasteiger partial charge in [0.05, 0.1) is 4.47 Å². The van der Waals surface area contributed by atoms with Gasteiger partial charge in [-0.25, -0.2) is 4.98 Å². The first-order chi connectivity index (χ1) is 6.50. The van der Waals surface area contributed by atoms with Gasteiger partial charge in [0.2, 0.25) is 5.95 Å². The van der Waals surface area contributed by atoms with Crippen molar-refractivity contribution >= 4 is 27.7 Å². The highest BCUT2D eigenvalue weighted by Crippen LogP contribution is 2.22. The van der Waals surface area contributed by atoms with Gasteiger partial charge in [0, 0.05) is 19.8 Å². The summed E-state index contributed by atoms with van der Waals surface area (Å²) in [5.74, 6) is 1.73. The van der Waals surface area contributed by atoms with E-state index in [0.717, 1.165) is 16.8 Å². The highest BCUT2D eigenvalue weighted by molar-refractivity contribution is 9.10. The van der Waals surface area contributed by atoms with Gasteiger partial charge < -0.3 is 10.6 Å². The van der Waals surface area contributed by atoms with Crippen LogP contribution in [0.25, 0.3) is 0 Å². The van der Waals surface area contributed by atoms with Crippen molar-refractivity contribution < 1.29 is 0 Å². The molecule has 0 unspecified atom stereocenters. The van der Waals surface area contributed by atoms with Gasteiger partial charge in [0.15, 0.2) is 0 Å². The molecule has 0 aliphatic carbocycles. The third-order valence-corrected chi connectivity index (χ3v) is 2.30. The summed E-state index contributed by atoms with van der Waals surface area (Å²) in [6.45, 7) is 5.26. The lowest BCUT2D eigenvalue weighted by atomic mass is 10.2. The Bertz CT molecular complexity index is 314. The van der Waals surface area contributed by atoms with Crippen molar-refractivity contribution in [1.82, 2.24) is 9.97 Å². The highest BCUT2D eigenvalue weighted by Gasteiger charge is 2.09. The Morgan fingerprint density at radius 1 is 1.57 bits per heavy atom. The smallest absolute Gasteiger partial charge is 0.222 e. The number of nitrogens with zero attached hydrogens (tertiary/aromatic N) is 3. The van der Waals surface area contributed by atoms with Crippen LogP contribution in [0.1, 0.15) is 13.8 Å². The minimum atomic E-state index is 0.304. The average Bonchev–Trinajstić information content (AvgIpc) is 2.08. The maximum atomic E-state index is 5.53. The minimum Gasteiger partial charge on any atom is -0.368 e. The SMILES string of the molecule is CC(C)CN(C)c1nc(N)ncc1Br. The lowest BCUT2D eigenvalue weighted by molar-refractivity contribution is 0.634. The first kappa shape index (κ1) is 11.2. The number of hydrogen-bond acceptors (Lipinski definition) is 4. The summed E-state index contributed by atoms with van der Waals surface area (Å²) in [5.41, 5.74) is 5.53. The molecule has 0 bridgehead atoms. The largest absolute Gasteiger partial charge is 0.368 e. The number of nitrogen functional groups attached to an aromatic ring is 1. The average molecular weight is 259 g/mol. The third kappa shape index (κ3) is 2.83. The van der Waals surface area contributed by atoms with Gasteiger partial charge in [-0.15, -0.1) is 0 Å². The van der Waals surface area contributed by atoms with Gasteiger partial charge >= 0.3 is 0 Å². The minimum absolute atomic E-state index is 0.304. The number of anilines is 2. The molecule has 1 aromatic heterocycles. The zero-order valence-corrected chi connectivity index (χ0v) is 10.2. The molecular weight excluding hydrogens is 244 g/mol. The summed E-state index contributed by atoms with van der Waals surface area (Å²) in [5, 5.41) is 0. The second kappa shape index (κ2) is 4.59. The highest BCUT2D eigenvalue weighted by atomic mass is 79.9. The van der Waals surface area contributed by atoms with Crippen LogP contribution in [0, 0.1) is 5.92 Å². The van der Waals surface area contributed by atoms with E-state index in [-0.39, 0.29) is 0 Å². The molecule has 0 radical (unpaired) electrons. The Labute approximate surface area is 92.7 Å². The molecule has 0 saturated heterocycles. The van der Waals surface area contributed by atoms with Crippen LogP contribution >= 0.6 is 15.9 Å². The van der Waals surface area contributed by atoms with Gasteiger partial charge in [0.25, 0.3) is 0 Å². The molecule has 78 valence electrons. The van der Waals surface area contributed by atoms with Crippen LogP contribution in [-0.2, 0) is 0 Å². The lowest BCUT2D eigenvalue weighted by Crippen LogP contribution is -2.24. The van der Waals surface area contributed by atoms with E-state index in [1.54, 1.807) is 6.20 Å². The summed E-state index contributed by atoms with van der Waals surface area (Å²) in [6.07, 6.45) is 1.68. The van der Waals surface area contributed by atoms with Crippen molar-refractivity contribution in [1.29, 1.82) is 0 Å². The number of rotatable bonds is 3. The number of aromatic nitrogens is 2. The van der Waals surface area contributed by atoms with Gasteiger partial charge in [0.1, 0.15) is 5.82 Å². The molecule has 0 aliphatic rings. The Hall–Kier alpha value is -0.840. The van der Waals surface area contributed by atoms with Crippen LogP contribution in [0.2, 0.25) is 0 Å². The van der Waals surface area contributed by atoms with E-state index >= 15 is 0 Å². The lowest BCUT2D eigenvalue weighted by Gasteiger charge is -2.21. The van der Waals surface area contributed by atoms with Crippen molar-refractivity contribution in [3.05, 3.63) is 10.7 Å². The molecule has 0 amide bonds. The maximum absolute atomic E-state index is 5.53. The zero-order valence-electron chi connectivity index (χ0n) is 8.66. The molecule has 0 aliphatic heterocycles. The first-order valence-electron chi connectivity index (χ1n) is 4.50. The number of hydrogen-bond donors (Lipinski definition) is 1. The molecule has 0 spiro atoms. The normalized spacial score (nSPS) is 10.6. The fourth-order valence-electron chi connectivity index (χ4n) is 1.27. The van der Waals surface area contributed by atoms with E-state index in [1.165, 1.54) is 0 Å². The zero-order chi connectivity index (χ0) is 10.7. The Kier molecular flexibility index (Phi) is 3.69. The summed E-state index contributed by atoms with van der Waals surface area (Å²) in [4.78, 5) is 10.1. The second-order valence-corrected chi connectivity index (χ2v) is 4.53. The van der Waals surface area contributed by atoms with Crippen LogP contribution in [-0.4, -0.2) is 23.6 Å². The monoisotopic (exact) mass is 258 g/mol. The Balaban J connectivity index is 2.88. The van der Waals surface area contributed by atoms with Crippen molar-refractivity contribution in [3.8, 4) is 0 Å². The van der Waals surface area contributed by atoms with Crippen molar-refractivity contribution in [3.63, 3.8) is 0 Å². The third-order valence-electron chi connectivity index (χ3n) is 1.74.